The highest BCUT2D eigenvalue weighted by atomic mass is 16.6. The Bertz CT molecular complexity index is 1440. The van der Waals surface area contributed by atoms with E-state index in [1.807, 2.05) is 91.0 Å². The van der Waals surface area contributed by atoms with Gasteiger partial charge in [0.1, 0.15) is 25.5 Å². The minimum atomic E-state index is -0.606. The maximum atomic E-state index is 13.4. The van der Waals surface area contributed by atoms with Crippen LogP contribution in [0.2, 0.25) is 0 Å². The van der Waals surface area contributed by atoms with Crippen molar-refractivity contribution in [3.63, 3.8) is 0 Å². The first-order valence-corrected chi connectivity index (χ1v) is 13.5. The molecule has 0 unspecified atom stereocenters. The van der Waals surface area contributed by atoms with Crippen molar-refractivity contribution < 1.29 is 28.5 Å². The van der Waals surface area contributed by atoms with Crippen molar-refractivity contribution in [1.82, 2.24) is 4.90 Å². The Morgan fingerprint density at radius 1 is 0.628 bits per heavy atom. The molecule has 2 amide bonds. The summed E-state index contributed by atoms with van der Waals surface area (Å²) >= 11 is 0. The van der Waals surface area contributed by atoms with Crippen LogP contribution in [0.5, 0.6) is 28.7 Å². The number of hydrogen-bond donors (Lipinski definition) is 2. The number of carbonyl (C=O) groups is 1. The number of amides is 2. The van der Waals surface area contributed by atoms with Crippen LogP contribution in [0.4, 0.5) is 10.5 Å². The van der Waals surface area contributed by atoms with E-state index < -0.39 is 12.0 Å². The predicted octanol–water partition coefficient (Wildman–Crippen LogP) is 5.82. The van der Waals surface area contributed by atoms with Crippen molar-refractivity contribution in [1.29, 1.82) is 5.41 Å². The first kappa shape index (κ1) is 30.6. The van der Waals surface area contributed by atoms with Gasteiger partial charge < -0.3 is 29.4 Å². The van der Waals surface area contributed by atoms with Gasteiger partial charge in [-0.05, 0) is 16.7 Å². The third-order valence-corrected chi connectivity index (χ3v) is 6.61. The third kappa shape index (κ3) is 7.28. The van der Waals surface area contributed by atoms with Crippen LogP contribution in [0.1, 0.15) is 16.7 Å². The van der Waals surface area contributed by atoms with Crippen LogP contribution >= 0.6 is 0 Å². The number of nitrogens with zero attached hydrogens (tertiary/aromatic N) is 2. The minimum absolute atomic E-state index is 0.174. The molecule has 0 heterocycles. The fourth-order valence-corrected chi connectivity index (χ4v) is 4.32. The Hall–Kier alpha value is -5.38. The molecule has 10 heteroatoms. The van der Waals surface area contributed by atoms with Crippen LogP contribution in [-0.4, -0.2) is 45.2 Å². The van der Waals surface area contributed by atoms with Crippen LogP contribution in [0.15, 0.2) is 91.0 Å². The minimum Gasteiger partial charge on any atom is -0.491 e. The molecule has 4 aromatic rings. The molecule has 43 heavy (non-hydrogen) atoms. The summed E-state index contributed by atoms with van der Waals surface area (Å²) in [4.78, 5) is 15.7. The molecule has 0 saturated heterocycles. The molecule has 3 N–H and O–H groups in total. The van der Waals surface area contributed by atoms with Crippen molar-refractivity contribution in [3.8, 4) is 28.7 Å². The maximum Gasteiger partial charge on any atom is 0.330 e. The molecule has 4 rings (SSSR count). The Balaban J connectivity index is 1.92. The summed E-state index contributed by atoms with van der Waals surface area (Å²) < 4.78 is 31.0. The van der Waals surface area contributed by atoms with Crippen LogP contribution in [0, 0.1) is 5.41 Å². The van der Waals surface area contributed by atoms with Gasteiger partial charge in [-0.2, -0.15) is 0 Å². The summed E-state index contributed by atoms with van der Waals surface area (Å²) in [5.74, 6) is 0.594. The number of guanidine groups is 1. The third-order valence-electron chi connectivity index (χ3n) is 6.61. The van der Waals surface area contributed by atoms with Gasteiger partial charge in [0.05, 0.1) is 14.2 Å². The van der Waals surface area contributed by atoms with Crippen molar-refractivity contribution >= 4 is 17.7 Å². The molecule has 10 nitrogen and oxygen atoms in total. The Kier molecular flexibility index (Phi) is 10.3. The van der Waals surface area contributed by atoms with Crippen molar-refractivity contribution in [3.05, 3.63) is 108 Å². The van der Waals surface area contributed by atoms with Gasteiger partial charge in [-0.3, -0.25) is 15.2 Å². The van der Waals surface area contributed by atoms with Crippen LogP contribution in [-0.2, 0) is 19.8 Å². The molecule has 224 valence electrons. The van der Waals surface area contributed by atoms with Gasteiger partial charge in [0.15, 0.2) is 17.5 Å². The van der Waals surface area contributed by atoms with Crippen molar-refractivity contribution in [2.24, 2.45) is 5.73 Å². The van der Waals surface area contributed by atoms with E-state index in [4.69, 9.17) is 34.8 Å². The molecule has 4 aromatic carbocycles. The average molecular weight is 585 g/mol. The molecule has 0 atom stereocenters. The first-order valence-electron chi connectivity index (χ1n) is 13.5. The summed E-state index contributed by atoms with van der Waals surface area (Å²) in [6.45, 7) is 0.541. The van der Waals surface area contributed by atoms with Crippen molar-refractivity contribution in [2.45, 2.75) is 19.8 Å². The number of ether oxygens (including phenoxy) is 5. The lowest BCUT2D eigenvalue weighted by Crippen LogP contribution is -2.45. The molecule has 0 bridgehead atoms. The Morgan fingerprint density at radius 3 is 1.26 bits per heavy atom. The number of methoxy groups -OCH3 is 2. The number of urea groups is 1. The Morgan fingerprint density at radius 2 is 0.953 bits per heavy atom. The van der Waals surface area contributed by atoms with Gasteiger partial charge in [-0.1, -0.05) is 91.0 Å². The van der Waals surface area contributed by atoms with Gasteiger partial charge in [0.25, 0.3) is 0 Å². The number of benzene rings is 4. The molecule has 0 aliphatic rings. The molecule has 0 aliphatic carbocycles. The molecule has 0 radical (unpaired) electrons. The number of anilines is 1. The monoisotopic (exact) mass is 584 g/mol. The van der Waals surface area contributed by atoms with E-state index in [0.717, 1.165) is 21.6 Å². The highest BCUT2D eigenvalue weighted by Gasteiger charge is 2.34. The van der Waals surface area contributed by atoms with Gasteiger partial charge >= 0.3 is 6.03 Å². The van der Waals surface area contributed by atoms with E-state index in [1.165, 1.54) is 33.2 Å². The highest BCUT2D eigenvalue weighted by molar-refractivity contribution is 6.04. The van der Waals surface area contributed by atoms with E-state index in [9.17, 15) is 4.79 Å². The first-order chi connectivity index (χ1) is 20.8. The number of nitrogens with one attached hydrogen (secondary N) is 1. The summed E-state index contributed by atoms with van der Waals surface area (Å²) in [5.41, 5.74) is 8.57. The van der Waals surface area contributed by atoms with Gasteiger partial charge in [0.2, 0.25) is 17.2 Å². The lowest BCUT2D eigenvalue weighted by atomic mass is 10.1. The number of nitrogens with two attached hydrogens (primary N) is 1. The maximum absolute atomic E-state index is 13.4. The summed E-state index contributed by atoms with van der Waals surface area (Å²) in [7, 11) is 5.85. The van der Waals surface area contributed by atoms with Gasteiger partial charge in [-0.25, -0.2) is 4.79 Å². The molecule has 0 spiro atoms. The molecular weight excluding hydrogens is 548 g/mol. The normalized spacial score (nSPS) is 10.4. The average Bonchev–Trinajstić information content (AvgIpc) is 3.05. The largest absolute Gasteiger partial charge is 0.491 e. The number of carbonyl (C=O) groups excluding carboxylic acids is 1. The summed E-state index contributed by atoms with van der Waals surface area (Å²) in [6.07, 6.45) is 0. The molecule has 0 aromatic heterocycles. The number of hydrogen-bond acceptors (Lipinski definition) is 7. The fourth-order valence-electron chi connectivity index (χ4n) is 4.32. The highest BCUT2D eigenvalue weighted by Crippen LogP contribution is 2.58. The second-order valence-corrected chi connectivity index (χ2v) is 9.51. The van der Waals surface area contributed by atoms with E-state index in [1.54, 1.807) is 0 Å². The molecule has 0 aliphatic heterocycles. The molecule has 0 saturated carbocycles. The Labute approximate surface area is 251 Å². The fraction of sp³-hybridized carbons (Fsp3) is 0.212. The number of rotatable bonds is 12. The van der Waals surface area contributed by atoms with Gasteiger partial charge in [0, 0.05) is 14.1 Å². The van der Waals surface area contributed by atoms with Gasteiger partial charge in [-0.15, -0.1) is 0 Å². The summed E-state index contributed by atoms with van der Waals surface area (Å²) in [5, 5.41) is 7.79. The summed E-state index contributed by atoms with van der Waals surface area (Å²) in [6, 6.07) is 28.3. The van der Waals surface area contributed by atoms with Crippen LogP contribution in [0.3, 0.4) is 0 Å². The molecule has 0 fully saturated rings. The second kappa shape index (κ2) is 14.5. The van der Waals surface area contributed by atoms with E-state index in [-0.39, 0.29) is 54.3 Å². The van der Waals surface area contributed by atoms with E-state index in [2.05, 4.69) is 0 Å². The van der Waals surface area contributed by atoms with Crippen LogP contribution < -0.4 is 34.3 Å². The predicted molar refractivity (Wildman–Crippen MR) is 165 cm³/mol. The second-order valence-electron chi connectivity index (χ2n) is 9.51. The SMILES string of the molecule is COc1c(OCc2ccccc2)c(OCc2ccccc2)c(OCc2ccccc2)c(OC)c1N(C)C(=O)N(C)C(=N)N. The lowest BCUT2D eigenvalue weighted by molar-refractivity contribution is 0.214. The molecular formula is C33H36N4O6. The van der Waals surface area contributed by atoms with E-state index in [0.29, 0.717) is 0 Å². The topological polar surface area (TPSA) is 120 Å². The smallest absolute Gasteiger partial charge is 0.330 e. The quantitative estimate of drug-likeness (QED) is 0.159. The van der Waals surface area contributed by atoms with Crippen molar-refractivity contribution in [2.75, 3.05) is 33.2 Å². The van der Waals surface area contributed by atoms with E-state index >= 15 is 0 Å². The zero-order valence-corrected chi connectivity index (χ0v) is 24.7. The lowest BCUT2D eigenvalue weighted by Gasteiger charge is -2.30. The van der Waals surface area contributed by atoms with Crippen LogP contribution in [0.25, 0.3) is 0 Å². The zero-order chi connectivity index (χ0) is 30.8. The zero-order valence-electron chi connectivity index (χ0n) is 24.7. The standard InChI is InChI=1S/C33H36N4O6/c1-36(33(38)37(2)32(34)35)26-27(39-3)29(41-20-23-14-8-5-9-15-23)31(43-22-25-18-12-7-13-19-25)30(28(26)40-4)42-21-24-16-10-6-11-17-24/h5-19H,20-22H2,1-4H3,(H3,34,35).